The number of rotatable bonds is 8. The summed E-state index contributed by atoms with van der Waals surface area (Å²) in [6, 6.07) is 5.45. The van der Waals surface area contributed by atoms with E-state index in [1.165, 1.54) is 0 Å². The lowest BCUT2D eigenvalue weighted by Gasteiger charge is -2.26. The summed E-state index contributed by atoms with van der Waals surface area (Å²) in [6.07, 6.45) is 1.92. The van der Waals surface area contributed by atoms with Crippen molar-refractivity contribution >= 4 is 17.3 Å². The maximum atomic E-state index is 12.3. The Morgan fingerprint density at radius 3 is 2.68 bits per heavy atom. The molecule has 140 valence electrons. The Kier molecular flexibility index (Phi) is 7.08. The maximum absolute atomic E-state index is 12.3. The van der Waals surface area contributed by atoms with Crippen LogP contribution < -0.4 is 16.4 Å². The summed E-state index contributed by atoms with van der Waals surface area (Å²) in [5.41, 5.74) is 7.97. The van der Waals surface area contributed by atoms with E-state index in [-0.39, 0.29) is 11.4 Å². The van der Waals surface area contributed by atoms with Gasteiger partial charge < -0.3 is 21.1 Å². The van der Waals surface area contributed by atoms with Crippen molar-refractivity contribution in [3.8, 4) is 0 Å². The lowest BCUT2D eigenvalue weighted by molar-refractivity contribution is 0.0378. The SMILES string of the molecule is CCC(C)(C)NC(=O)c1ccc(NCCCN2CCOCC2)c(N)c1. The van der Waals surface area contributed by atoms with Crippen LogP contribution in [-0.4, -0.2) is 55.7 Å². The number of hydrogen-bond donors (Lipinski definition) is 3. The Balaban J connectivity index is 1.81. The predicted octanol–water partition coefficient (Wildman–Crippen LogP) is 2.32. The number of nitrogens with one attached hydrogen (secondary N) is 2. The van der Waals surface area contributed by atoms with Gasteiger partial charge in [-0.05, 0) is 51.4 Å². The Morgan fingerprint density at radius 1 is 1.32 bits per heavy atom. The number of carbonyl (C=O) groups is 1. The predicted molar refractivity (Wildman–Crippen MR) is 103 cm³/mol. The molecule has 2 rings (SSSR count). The van der Waals surface area contributed by atoms with Crippen LogP contribution in [0.15, 0.2) is 18.2 Å². The van der Waals surface area contributed by atoms with Gasteiger partial charge in [-0.15, -0.1) is 0 Å². The van der Waals surface area contributed by atoms with Crippen LogP contribution in [0.4, 0.5) is 11.4 Å². The van der Waals surface area contributed by atoms with Crippen LogP contribution in [0.1, 0.15) is 44.0 Å². The summed E-state index contributed by atoms with van der Waals surface area (Å²) >= 11 is 0. The number of nitrogen functional groups attached to an aromatic ring is 1. The highest BCUT2D eigenvalue weighted by Crippen LogP contribution is 2.20. The van der Waals surface area contributed by atoms with Gasteiger partial charge >= 0.3 is 0 Å². The minimum Gasteiger partial charge on any atom is -0.397 e. The summed E-state index contributed by atoms with van der Waals surface area (Å²) in [7, 11) is 0. The Morgan fingerprint density at radius 2 is 2.04 bits per heavy atom. The molecule has 1 heterocycles. The second-order valence-corrected chi connectivity index (χ2v) is 7.23. The first-order chi connectivity index (χ1) is 11.9. The molecule has 1 aromatic carbocycles. The number of hydrogen-bond acceptors (Lipinski definition) is 5. The third kappa shape index (κ3) is 6.21. The molecule has 0 spiro atoms. The van der Waals surface area contributed by atoms with Gasteiger partial charge in [-0.1, -0.05) is 6.92 Å². The molecule has 6 nitrogen and oxygen atoms in total. The van der Waals surface area contributed by atoms with Gasteiger partial charge in [0, 0.05) is 30.7 Å². The van der Waals surface area contributed by atoms with E-state index in [0.717, 1.165) is 57.9 Å². The first-order valence-electron chi connectivity index (χ1n) is 9.17. The van der Waals surface area contributed by atoms with E-state index in [0.29, 0.717) is 11.3 Å². The maximum Gasteiger partial charge on any atom is 0.251 e. The fourth-order valence-corrected chi connectivity index (χ4v) is 2.68. The first kappa shape index (κ1) is 19.5. The highest BCUT2D eigenvalue weighted by atomic mass is 16.5. The van der Waals surface area contributed by atoms with E-state index in [1.54, 1.807) is 6.07 Å². The summed E-state index contributed by atoms with van der Waals surface area (Å²) < 4.78 is 5.35. The summed E-state index contributed by atoms with van der Waals surface area (Å²) in [4.78, 5) is 14.7. The van der Waals surface area contributed by atoms with Gasteiger partial charge in [0.2, 0.25) is 0 Å². The summed E-state index contributed by atoms with van der Waals surface area (Å²) in [6.45, 7) is 11.7. The van der Waals surface area contributed by atoms with Gasteiger partial charge in [-0.25, -0.2) is 0 Å². The van der Waals surface area contributed by atoms with Crippen molar-refractivity contribution in [3.05, 3.63) is 23.8 Å². The highest BCUT2D eigenvalue weighted by Gasteiger charge is 2.19. The number of nitrogens with zero attached hydrogens (tertiary/aromatic N) is 1. The van der Waals surface area contributed by atoms with Crippen LogP contribution >= 0.6 is 0 Å². The van der Waals surface area contributed by atoms with Crippen molar-refractivity contribution in [2.45, 2.75) is 39.2 Å². The molecule has 1 amide bonds. The van der Waals surface area contributed by atoms with E-state index in [9.17, 15) is 4.79 Å². The third-order valence-electron chi connectivity index (χ3n) is 4.72. The fourth-order valence-electron chi connectivity index (χ4n) is 2.68. The van der Waals surface area contributed by atoms with Gasteiger partial charge in [0.05, 0.1) is 24.6 Å². The zero-order chi connectivity index (χ0) is 18.3. The van der Waals surface area contributed by atoms with Crippen LogP contribution in [0.25, 0.3) is 0 Å². The molecule has 1 saturated heterocycles. The molecule has 6 heteroatoms. The van der Waals surface area contributed by atoms with Gasteiger partial charge in [0.25, 0.3) is 5.91 Å². The normalized spacial score (nSPS) is 15.8. The lowest BCUT2D eigenvalue weighted by Crippen LogP contribution is -2.42. The number of morpholine rings is 1. The van der Waals surface area contributed by atoms with E-state index >= 15 is 0 Å². The van der Waals surface area contributed by atoms with Crippen molar-refractivity contribution < 1.29 is 9.53 Å². The molecule has 0 aromatic heterocycles. The van der Waals surface area contributed by atoms with E-state index in [1.807, 2.05) is 26.0 Å². The van der Waals surface area contributed by atoms with Crippen molar-refractivity contribution in [3.63, 3.8) is 0 Å². The molecule has 0 unspecified atom stereocenters. The fraction of sp³-hybridized carbons (Fsp3) is 0.632. The molecule has 1 fully saturated rings. The Hall–Kier alpha value is -1.79. The number of nitrogens with two attached hydrogens (primary N) is 1. The molecule has 0 radical (unpaired) electrons. The molecule has 0 aliphatic carbocycles. The Bertz CT molecular complexity index is 569. The molecule has 25 heavy (non-hydrogen) atoms. The molecule has 0 saturated carbocycles. The van der Waals surface area contributed by atoms with Crippen LogP contribution in [0, 0.1) is 0 Å². The smallest absolute Gasteiger partial charge is 0.251 e. The quantitative estimate of drug-likeness (QED) is 0.496. The van der Waals surface area contributed by atoms with Crippen molar-refractivity contribution in [1.29, 1.82) is 0 Å². The Labute approximate surface area is 151 Å². The van der Waals surface area contributed by atoms with Crippen molar-refractivity contribution in [2.75, 3.05) is 50.4 Å². The molecule has 1 aliphatic rings. The number of amides is 1. The van der Waals surface area contributed by atoms with Crippen LogP contribution in [0.2, 0.25) is 0 Å². The molecular formula is C19H32N4O2. The van der Waals surface area contributed by atoms with Gasteiger partial charge in [-0.2, -0.15) is 0 Å². The monoisotopic (exact) mass is 348 g/mol. The molecule has 4 N–H and O–H groups in total. The zero-order valence-electron chi connectivity index (χ0n) is 15.7. The molecule has 0 bridgehead atoms. The molecular weight excluding hydrogens is 316 g/mol. The zero-order valence-corrected chi connectivity index (χ0v) is 15.7. The van der Waals surface area contributed by atoms with Gasteiger partial charge in [0.15, 0.2) is 0 Å². The number of ether oxygens (including phenoxy) is 1. The number of carbonyl (C=O) groups excluding carboxylic acids is 1. The van der Waals surface area contributed by atoms with E-state index < -0.39 is 0 Å². The molecule has 1 aromatic rings. The van der Waals surface area contributed by atoms with E-state index in [4.69, 9.17) is 10.5 Å². The van der Waals surface area contributed by atoms with Crippen molar-refractivity contribution in [2.24, 2.45) is 0 Å². The summed E-state index contributed by atoms with van der Waals surface area (Å²) in [5, 5.41) is 6.39. The van der Waals surface area contributed by atoms with E-state index in [2.05, 4.69) is 22.5 Å². The lowest BCUT2D eigenvalue weighted by atomic mass is 10.0. The third-order valence-corrected chi connectivity index (χ3v) is 4.72. The molecule has 1 aliphatic heterocycles. The largest absolute Gasteiger partial charge is 0.397 e. The average molecular weight is 348 g/mol. The van der Waals surface area contributed by atoms with Crippen LogP contribution in [0.3, 0.4) is 0 Å². The van der Waals surface area contributed by atoms with Crippen LogP contribution in [0.5, 0.6) is 0 Å². The highest BCUT2D eigenvalue weighted by molar-refractivity contribution is 5.96. The molecule has 0 atom stereocenters. The second kappa shape index (κ2) is 9.06. The second-order valence-electron chi connectivity index (χ2n) is 7.23. The average Bonchev–Trinajstić information content (AvgIpc) is 2.60. The summed E-state index contributed by atoms with van der Waals surface area (Å²) in [5.74, 6) is -0.0857. The van der Waals surface area contributed by atoms with Gasteiger partial charge in [-0.3, -0.25) is 9.69 Å². The van der Waals surface area contributed by atoms with Crippen molar-refractivity contribution in [1.82, 2.24) is 10.2 Å². The topological polar surface area (TPSA) is 79.6 Å². The van der Waals surface area contributed by atoms with Gasteiger partial charge in [0.1, 0.15) is 0 Å². The standard InChI is InChI=1S/C19H32N4O2/c1-4-19(2,3)22-18(24)15-6-7-17(16(20)14-15)21-8-5-9-23-10-12-25-13-11-23/h6-7,14,21H,4-5,8-13,20H2,1-3H3,(H,22,24). The minimum atomic E-state index is -0.220. The number of anilines is 2. The van der Waals surface area contributed by atoms with Crippen LogP contribution in [-0.2, 0) is 4.74 Å². The minimum absolute atomic E-state index is 0.0857. The number of benzene rings is 1. The first-order valence-corrected chi connectivity index (χ1v) is 9.17.